The summed E-state index contributed by atoms with van der Waals surface area (Å²) >= 11 is 0. The number of anilines is 2. The minimum absolute atomic E-state index is 0.0765. The number of alkyl halides is 1. The van der Waals surface area contributed by atoms with Crippen LogP contribution in [0, 0.1) is 5.82 Å². The highest BCUT2D eigenvalue weighted by molar-refractivity contribution is 6.04. The van der Waals surface area contributed by atoms with Gasteiger partial charge in [0, 0.05) is 24.4 Å². The molecule has 1 fully saturated rings. The number of pyridine rings is 1. The topological polar surface area (TPSA) is 101 Å². The number of carbonyl (C=O) groups is 1. The second-order valence-corrected chi connectivity index (χ2v) is 7.92. The van der Waals surface area contributed by atoms with Crippen molar-refractivity contribution in [3.63, 3.8) is 0 Å². The molecule has 3 aromatic rings. The van der Waals surface area contributed by atoms with E-state index >= 15 is 0 Å². The number of aryl methyl sites for hydroxylation is 1. The Balaban J connectivity index is 1.72. The summed E-state index contributed by atoms with van der Waals surface area (Å²) in [6, 6.07) is 2.53. The molecule has 0 spiro atoms. The first-order valence-corrected chi connectivity index (χ1v) is 9.91. The van der Waals surface area contributed by atoms with E-state index in [9.17, 15) is 13.6 Å². The Kier molecular flexibility index (Phi) is 4.30. The number of fused-ring (bicyclic) bond motifs is 5. The molecule has 156 valence electrons. The number of aromatic nitrogens is 4. The summed E-state index contributed by atoms with van der Waals surface area (Å²) in [7, 11) is 0. The van der Waals surface area contributed by atoms with Crippen molar-refractivity contribution in [2.75, 3.05) is 17.2 Å². The first-order chi connectivity index (χ1) is 14.4. The SMILES string of the molecule is C[C@@H]1CCc2ncc(F)cc2[C@H]2C[C@@H](F)CN2c2ccn3nc(N)c(c3n2)C(=O)N1. The van der Waals surface area contributed by atoms with Gasteiger partial charge in [-0.15, -0.1) is 5.10 Å². The fourth-order valence-corrected chi connectivity index (χ4v) is 4.35. The fraction of sp³-hybridized carbons (Fsp3) is 0.400. The van der Waals surface area contributed by atoms with Crippen LogP contribution in [0.2, 0.25) is 0 Å². The zero-order valence-corrected chi connectivity index (χ0v) is 16.3. The molecule has 5 rings (SSSR count). The Morgan fingerprint density at radius 2 is 2.20 bits per heavy atom. The van der Waals surface area contributed by atoms with Crippen LogP contribution in [-0.4, -0.2) is 44.2 Å². The van der Waals surface area contributed by atoms with Crippen molar-refractivity contribution in [2.24, 2.45) is 0 Å². The second kappa shape index (κ2) is 6.89. The van der Waals surface area contributed by atoms with E-state index in [0.29, 0.717) is 35.6 Å². The second-order valence-electron chi connectivity index (χ2n) is 7.92. The van der Waals surface area contributed by atoms with Gasteiger partial charge in [0.1, 0.15) is 23.4 Å². The van der Waals surface area contributed by atoms with E-state index in [2.05, 4.69) is 20.4 Å². The molecule has 2 bridgehead atoms. The van der Waals surface area contributed by atoms with Crippen LogP contribution in [0.3, 0.4) is 0 Å². The van der Waals surface area contributed by atoms with Crippen LogP contribution in [0.5, 0.6) is 0 Å². The third-order valence-corrected chi connectivity index (χ3v) is 5.79. The number of hydrogen-bond donors (Lipinski definition) is 2. The van der Waals surface area contributed by atoms with Crippen molar-refractivity contribution >= 4 is 23.2 Å². The molecule has 0 radical (unpaired) electrons. The quantitative estimate of drug-likeness (QED) is 0.586. The van der Waals surface area contributed by atoms with Gasteiger partial charge in [0.25, 0.3) is 5.91 Å². The van der Waals surface area contributed by atoms with Gasteiger partial charge in [0.15, 0.2) is 11.5 Å². The zero-order chi connectivity index (χ0) is 21.0. The maximum absolute atomic E-state index is 14.5. The van der Waals surface area contributed by atoms with Gasteiger partial charge in [-0.3, -0.25) is 9.78 Å². The van der Waals surface area contributed by atoms with Crippen molar-refractivity contribution in [2.45, 2.75) is 44.4 Å². The molecule has 5 heterocycles. The molecule has 1 amide bonds. The molecule has 8 nitrogen and oxygen atoms in total. The van der Waals surface area contributed by atoms with Gasteiger partial charge in [-0.1, -0.05) is 0 Å². The number of nitrogens with two attached hydrogens (primary N) is 1. The predicted octanol–water partition coefficient (Wildman–Crippen LogP) is 2.20. The Labute approximate surface area is 171 Å². The van der Waals surface area contributed by atoms with Gasteiger partial charge in [0.05, 0.1) is 18.8 Å². The normalized spacial score (nSPS) is 24.0. The Morgan fingerprint density at radius 3 is 3.03 bits per heavy atom. The molecule has 0 unspecified atom stereocenters. The van der Waals surface area contributed by atoms with Crippen LogP contribution in [0.15, 0.2) is 24.5 Å². The maximum atomic E-state index is 14.5. The van der Waals surface area contributed by atoms with Crippen LogP contribution >= 0.6 is 0 Å². The van der Waals surface area contributed by atoms with Crippen molar-refractivity contribution in [3.8, 4) is 0 Å². The molecule has 3 N–H and O–H groups in total. The lowest BCUT2D eigenvalue weighted by molar-refractivity contribution is 0.0940. The minimum atomic E-state index is -1.09. The monoisotopic (exact) mass is 413 g/mol. The average Bonchev–Trinajstić information content (AvgIpc) is 3.24. The van der Waals surface area contributed by atoms with Gasteiger partial charge in [0.2, 0.25) is 0 Å². The smallest absolute Gasteiger partial charge is 0.259 e. The van der Waals surface area contributed by atoms with E-state index in [1.807, 2.05) is 6.92 Å². The molecule has 10 heteroatoms. The van der Waals surface area contributed by atoms with E-state index in [-0.39, 0.29) is 36.3 Å². The molecule has 3 atom stereocenters. The van der Waals surface area contributed by atoms with E-state index < -0.39 is 18.0 Å². The van der Waals surface area contributed by atoms with Crippen LogP contribution in [0.25, 0.3) is 5.65 Å². The van der Waals surface area contributed by atoms with Gasteiger partial charge in [-0.05, 0) is 37.5 Å². The lowest BCUT2D eigenvalue weighted by Crippen LogP contribution is -2.33. The molecule has 2 aliphatic rings. The number of halogens is 2. The van der Waals surface area contributed by atoms with E-state index in [0.717, 1.165) is 0 Å². The molecule has 3 aromatic heterocycles. The Bertz CT molecular complexity index is 1150. The molecule has 0 aromatic carbocycles. The van der Waals surface area contributed by atoms with Gasteiger partial charge in [-0.25, -0.2) is 18.3 Å². The highest BCUT2D eigenvalue weighted by Gasteiger charge is 2.36. The summed E-state index contributed by atoms with van der Waals surface area (Å²) in [4.78, 5) is 23.6. The van der Waals surface area contributed by atoms with Crippen molar-refractivity contribution in [1.29, 1.82) is 0 Å². The van der Waals surface area contributed by atoms with Gasteiger partial charge >= 0.3 is 0 Å². The third kappa shape index (κ3) is 3.03. The zero-order valence-electron chi connectivity index (χ0n) is 16.3. The Hall–Kier alpha value is -3.30. The number of amides is 1. The van der Waals surface area contributed by atoms with Crippen LogP contribution < -0.4 is 16.0 Å². The fourth-order valence-electron chi connectivity index (χ4n) is 4.35. The summed E-state index contributed by atoms with van der Waals surface area (Å²) in [6.45, 7) is 1.99. The molecular formula is C20H21F2N7O. The lowest BCUT2D eigenvalue weighted by Gasteiger charge is -2.27. The summed E-state index contributed by atoms with van der Waals surface area (Å²) in [5.74, 6) is -0.278. The number of nitrogens with zero attached hydrogens (tertiary/aromatic N) is 5. The molecule has 0 saturated carbocycles. The van der Waals surface area contributed by atoms with Crippen LogP contribution in [0.4, 0.5) is 20.4 Å². The largest absolute Gasteiger partial charge is 0.381 e. The highest BCUT2D eigenvalue weighted by atomic mass is 19.1. The molecular weight excluding hydrogens is 392 g/mol. The van der Waals surface area contributed by atoms with E-state index in [1.54, 1.807) is 17.2 Å². The van der Waals surface area contributed by atoms with E-state index in [4.69, 9.17) is 5.73 Å². The Morgan fingerprint density at radius 1 is 1.37 bits per heavy atom. The summed E-state index contributed by atoms with van der Waals surface area (Å²) in [5, 5.41) is 7.10. The standard InChI is InChI=1S/C20H21F2N7O/c1-10-2-3-14-13(6-11(21)8-24-14)15-7-12(22)9-28(15)16-4-5-29-19(26-16)17(18(23)27-29)20(30)25-10/h4-6,8,10,12,15H,2-3,7,9H2,1H3,(H2,23,27)(H,25,30)/t10-,12-,15-/m1/s1. The highest BCUT2D eigenvalue weighted by Crippen LogP contribution is 2.38. The van der Waals surface area contributed by atoms with Crippen LogP contribution in [0.1, 0.15) is 47.4 Å². The van der Waals surface area contributed by atoms with Crippen molar-refractivity contribution in [1.82, 2.24) is 24.9 Å². The minimum Gasteiger partial charge on any atom is -0.381 e. The molecule has 1 saturated heterocycles. The number of nitrogens with one attached hydrogen (secondary N) is 1. The third-order valence-electron chi connectivity index (χ3n) is 5.79. The first kappa shape index (κ1) is 18.7. The number of nitrogen functional groups attached to an aromatic ring is 1. The lowest BCUT2D eigenvalue weighted by atomic mass is 9.98. The number of carbonyl (C=O) groups excluding carboxylic acids is 1. The van der Waals surface area contributed by atoms with Gasteiger partial charge < -0.3 is 16.0 Å². The molecule has 0 aliphatic carbocycles. The number of hydrogen-bond acceptors (Lipinski definition) is 6. The number of rotatable bonds is 0. The maximum Gasteiger partial charge on any atom is 0.259 e. The van der Waals surface area contributed by atoms with E-state index in [1.165, 1.54) is 16.8 Å². The summed E-state index contributed by atoms with van der Waals surface area (Å²) < 4.78 is 30.1. The summed E-state index contributed by atoms with van der Waals surface area (Å²) in [6.07, 6.45) is 3.04. The predicted molar refractivity (Wildman–Crippen MR) is 106 cm³/mol. The van der Waals surface area contributed by atoms with Gasteiger partial charge in [-0.2, -0.15) is 0 Å². The average molecular weight is 413 g/mol. The van der Waals surface area contributed by atoms with Crippen molar-refractivity contribution < 1.29 is 13.6 Å². The van der Waals surface area contributed by atoms with Crippen LogP contribution in [-0.2, 0) is 6.42 Å². The summed E-state index contributed by atoms with van der Waals surface area (Å²) in [5.41, 5.74) is 7.84. The molecule has 2 aliphatic heterocycles. The first-order valence-electron chi connectivity index (χ1n) is 9.91. The van der Waals surface area contributed by atoms with Crippen molar-refractivity contribution in [3.05, 3.63) is 47.2 Å². The molecule has 30 heavy (non-hydrogen) atoms.